The fourth-order valence-electron chi connectivity index (χ4n) is 3.72. The number of halogens is 4. The number of pyridine rings is 1. The van der Waals surface area contributed by atoms with Crippen LogP contribution in [-0.2, 0) is 13.2 Å². The Morgan fingerprint density at radius 3 is 2.58 bits per heavy atom. The number of alkyl halides is 3. The number of benzene rings is 2. The first kappa shape index (κ1) is 19.7. The van der Waals surface area contributed by atoms with Crippen LogP contribution in [-0.4, -0.2) is 19.9 Å². The van der Waals surface area contributed by atoms with Gasteiger partial charge in [0.15, 0.2) is 11.9 Å². The van der Waals surface area contributed by atoms with Crippen LogP contribution in [0.1, 0.15) is 17.4 Å². The van der Waals surface area contributed by atoms with Crippen LogP contribution in [0, 0.1) is 0 Å². The van der Waals surface area contributed by atoms with Crippen LogP contribution in [0.2, 0.25) is 5.02 Å². The van der Waals surface area contributed by atoms with Crippen LogP contribution in [0.5, 0.6) is 0 Å². The van der Waals surface area contributed by atoms with Crippen LogP contribution < -0.4 is 10.4 Å². The summed E-state index contributed by atoms with van der Waals surface area (Å²) in [5, 5.41) is 18.0. The molecule has 0 bridgehead atoms. The fraction of sp³-hybridized carbons (Fsp3) is 0.143. The Morgan fingerprint density at radius 2 is 1.87 bits per heavy atom. The minimum atomic E-state index is -4.50. The number of hydrogen-bond donors (Lipinski definition) is 2. The van der Waals surface area contributed by atoms with Gasteiger partial charge in [0.2, 0.25) is 0 Å². The zero-order chi connectivity index (χ0) is 21.9. The van der Waals surface area contributed by atoms with Crippen molar-refractivity contribution in [1.82, 2.24) is 14.8 Å². The van der Waals surface area contributed by atoms with E-state index in [1.807, 2.05) is 0 Å². The highest BCUT2D eigenvalue weighted by Crippen LogP contribution is 2.45. The summed E-state index contributed by atoms with van der Waals surface area (Å²) in [4.78, 5) is 4.58. The number of fused-ring (bicyclic) bond motifs is 3. The fourth-order valence-corrected chi connectivity index (χ4v) is 3.85. The molecular weight excluding hydrogens is 431 g/mol. The first-order valence-corrected chi connectivity index (χ1v) is 9.64. The quantitative estimate of drug-likeness (QED) is 0.447. The van der Waals surface area contributed by atoms with Gasteiger partial charge in [0.05, 0.1) is 39.8 Å². The average molecular weight is 446 g/mol. The van der Waals surface area contributed by atoms with E-state index in [1.54, 1.807) is 37.5 Å². The molecule has 10 heteroatoms. The van der Waals surface area contributed by atoms with E-state index in [0.717, 1.165) is 12.1 Å². The highest BCUT2D eigenvalue weighted by atomic mass is 35.5. The van der Waals surface area contributed by atoms with E-state index in [9.17, 15) is 18.3 Å². The molecule has 2 aromatic heterocycles. The van der Waals surface area contributed by atoms with Gasteiger partial charge in [-0.1, -0.05) is 23.7 Å². The Kier molecular flexibility index (Phi) is 4.35. The average Bonchev–Trinajstić information content (AvgIpc) is 3.28. The van der Waals surface area contributed by atoms with Crippen LogP contribution in [0.3, 0.4) is 0 Å². The van der Waals surface area contributed by atoms with Gasteiger partial charge in [-0.2, -0.15) is 18.3 Å². The molecule has 1 unspecified atom stereocenters. The van der Waals surface area contributed by atoms with E-state index >= 15 is 0 Å². The topological polar surface area (TPSA) is 66.2 Å². The predicted octanol–water partition coefficient (Wildman–Crippen LogP) is 5.15. The first-order valence-electron chi connectivity index (χ1n) is 9.27. The van der Waals surface area contributed by atoms with Gasteiger partial charge in [-0.15, -0.1) is 0 Å². The van der Waals surface area contributed by atoms with Gasteiger partial charge in [-0.25, -0.2) is 4.98 Å². The Balaban J connectivity index is 1.72. The SMILES string of the molecule is Cn1ncc2c3c(c(-c4cccc(C(F)(F)F)c4)nc21)C(O)N(c1ccc(Cl)cc1)N3. The molecule has 2 N–H and O–H groups in total. The molecule has 5 rings (SSSR count). The van der Waals surface area contributed by atoms with Crippen molar-refractivity contribution in [3.63, 3.8) is 0 Å². The third-order valence-corrected chi connectivity index (χ3v) is 5.47. The third kappa shape index (κ3) is 3.17. The molecule has 3 heterocycles. The van der Waals surface area contributed by atoms with E-state index in [0.29, 0.717) is 33.0 Å². The number of aromatic nitrogens is 3. The Morgan fingerprint density at radius 1 is 1.13 bits per heavy atom. The maximum absolute atomic E-state index is 13.3. The summed E-state index contributed by atoms with van der Waals surface area (Å²) in [7, 11) is 1.69. The summed E-state index contributed by atoms with van der Waals surface area (Å²) in [5.74, 6) is 0. The normalized spacial score (nSPS) is 15.9. The lowest BCUT2D eigenvalue weighted by Crippen LogP contribution is -2.27. The lowest BCUT2D eigenvalue weighted by Gasteiger charge is -2.23. The second-order valence-corrected chi connectivity index (χ2v) is 7.60. The second-order valence-electron chi connectivity index (χ2n) is 7.16. The number of hydrogen-bond acceptors (Lipinski definition) is 5. The van der Waals surface area contributed by atoms with Gasteiger partial charge in [-0.3, -0.25) is 15.1 Å². The minimum absolute atomic E-state index is 0.244. The Labute approximate surface area is 179 Å². The summed E-state index contributed by atoms with van der Waals surface area (Å²) in [6.07, 6.45) is -4.10. The summed E-state index contributed by atoms with van der Waals surface area (Å²) in [6, 6.07) is 11.7. The zero-order valence-corrected chi connectivity index (χ0v) is 16.8. The minimum Gasteiger partial charge on any atom is -0.368 e. The van der Waals surface area contributed by atoms with E-state index < -0.39 is 18.0 Å². The van der Waals surface area contributed by atoms with Crippen LogP contribution in [0.25, 0.3) is 22.3 Å². The summed E-state index contributed by atoms with van der Waals surface area (Å²) in [6.45, 7) is 0. The summed E-state index contributed by atoms with van der Waals surface area (Å²) in [5.41, 5.74) is 4.86. The van der Waals surface area contributed by atoms with Gasteiger partial charge in [0.1, 0.15) is 0 Å². The van der Waals surface area contributed by atoms with Gasteiger partial charge in [0, 0.05) is 17.6 Å². The van der Waals surface area contributed by atoms with E-state index in [2.05, 4.69) is 15.5 Å². The standard InChI is InChI=1S/C21H15ClF3N5O/c1-29-19-15(10-26-29)18-16(20(31)30(28-18)14-7-5-13(22)6-8-14)17(27-19)11-3-2-4-12(9-11)21(23,24)25/h2-10,20,28,31H,1H3. The van der Waals surface area contributed by atoms with Crippen molar-refractivity contribution in [2.24, 2.45) is 7.05 Å². The molecule has 0 saturated heterocycles. The largest absolute Gasteiger partial charge is 0.416 e. The lowest BCUT2D eigenvalue weighted by molar-refractivity contribution is -0.137. The molecule has 1 atom stereocenters. The molecule has 0 aliphatic carbocycles. The molecule has 1 aliphatic heterocycles. The number of anilines is 2. The molecule has 4 aromatic rings. The van der Waals surface area contributed by atoms with Gasteiger partial charge in [0.25, 0.3) is 0 Å². The van der Waals surface area contributed by atoms with Crippen molar-refractivity contribution in [2.75, 3.05) is 10.4 Å². The number of aliphatic hydroxyl groups excluding tert-OH is 1. The Hall–Kier alpha value is -3.30. The lowest BCUT2D eigenvalue weighted by atomic mass is 10.0. The van der Waals surface area contributed by atoms with E-state index in [1.165, 1.54) is 21.8 Å². The maximum atomic E-state index is 13.3. The molecule has 0 spiro atoms. The number of nitrogens with one attached hydrogen (secondary N) is 1. The molecule has 31 heavy (non-hydrogen) atoms. The summed E-state index contributed by atoms with van der Waals surface area (Å²) < 4.78 is 41.4. The Bertz CT molecular complexity index is 1300. The van der Waals surface area contributed by atoms with Crippen LogP contribution in [0.15, 0.2) is 54.7 Å². The molecule has 158 valence electrons. The number of rotatable bonds is 2. The number of aliphatic hydroxyl groups is 1. The highest BCUT2D eigenvalue weighted by Gasteiger charge is 2.36. The highest BCUT2D eigenvalue weighted by molar-refractivity contribution is 6.30. The zero-order valence-electron chi connectivity index (χ0n) is 16.0. The van der Waals surface area contributed by atoms with Crippen molar-refractivity contribution in [2.45, 2.75) is 12.4 Å². The monoisotopic (exact) mass is 445 g/mol. The van der Waals surface area contributed by atoms with Crippen molar-refractivity contribution in [3.05, 3.63) is 70.9 Å². The summed E-state index contributed by atoms with van der Waals surface area (Å²) >= 11 is 5.97. The van der Waals surface area contributed by atoms with E-state index in [-0.39, 0.29) is 11.3 Å². The molecule has 1 aliphatic rings. The number of nitrogens with zero attached hydrogens (tertiary/aromatic N) is 4. The van der Waals surface area contributed by atoms with Crippen molar-refractivity contribution >= 4 is 34.0 Å². The molecule has 2 aromatic carbocycles. The molecular formula is C21H15ClF3N5O. The smallest absolute Gasteiger partial charge is 0.368 e. The molecule has 0 radical (unpaired) electrons. The van der Waals surface area contributed by atoms with Gasteiger partial charge < -0.3 is 5.11 Å². The van der Waals surface area contributed by atoms with Crippen LogP contribution in [0.4, 0.5) is 24.5 Å². The maximum Gasteiger partial charge on any atom is 0.416 e. The molecule has 0 amide bonds. The van der Waals surface area contributed by atoms with Crippen molar-refractivity contribution < 1.29 is 18.3 Å². The van der Waals surface area contributed by atoms with Gasteiger partial charge >= 0.3 is 6.18 Å². The molecule has 6 nitrogen and oxygen atoms in total. The first-order chi connectivity index (χ1) is 14.7. The molecule has 0 saturated carbocycles. The van der Waals surface area contributed by atoms with Gasteiger partial charge in [-0.05, 0) is 36.4 Å². The molecule has 0 fully saturated rings. The second kappa shape index (κ2) is 6.86. The third-order valence-electron chi connectivity index (χ3n) is 5.22. The van der Waals surface area contributed by atoms with Crippen LogP contribution >= 0.6 is 11.6 Å². The number of hydrazine groups is 1. The number of aryl methyl sites for hydroxylation is 1. The van der Waals surface area contributed by atoms with Crippen molar-refractivity contribution in [1.29, 1.82) is 0 Å². The van der Waals surface area contributed by atoms with E-state index in [4.69, 9.17) is 11.6 Å². The van der Waals surface area contributed by atoms with Crippen molar-refractivity contribution in [3.8, 4) is 11.3 Å². The predicted molar refractivity (Wildman–Crippen MR) is 111 cm³/mol.